The maximum absolute atomic E-state index is 13.5. The Balaban J connectivity index is 0.00000200. The van der Waals surface area contributed by atoms with Crippen molar-refractivity contribution in [2.24, 2.45) is 0 Å². The SMILES string of the molecule is Cl.O=S(=O)(N[C@@H]1CCCNC1)c1ccc(F)c(F)c1F. The summed E-state index contributed by atoms with van der Waals surface area (Å²) in [6.45, 7) is 1.21. The van der Waals surface area contributed by atoms with Crippen LogP contribution in [0.1, 0.15) is 12.8 Å². The summed E-state index contributed by atoms with van der Waals surface area (Å²) in [5.74, 6) is -4.91. The van der Waals surface area contributed by atoms with Gasteiger partial charge in [0, 0.05) is 12.6 Å². The Morgan fingerprint density at radius 2 is 1.90 bits per heavy atom. The first kappa shape index (κ1) is 17.2. The summed E-state index contributed by atoms with van der Waals surface area (Å²) in [4.78, 5) is -0.878. The number of hydrogen-bond acceptors (Lipinski definition) is 3. The number of hydrogen-bond donors (Lipinski definition) is 2. The van der Waals surface area contributed by atoms with E-state index in [9.17, 15) is 21.6 Å². The molecule has 0 unspecified atom stereocenters. The molecule has 4 nitrogen and oxygen atoms in total. The van der Waals surface area contributed by atoms with Crippen LogP contribution in [0.5, 0.6) is 0 Å². The Morgan fingerprint density at radius 3 is 2.50 bits per heavy atom. The molecule has 0 bridgehead atoms. The van der Waals surface area contributed by atoms with Gasteiger partial charge in [-0.05, 0) is 31.5 Å². The summed E-state index contributed by atoms with van der Waals surface area (Å²) in [7, 11) is -4.20. The lowest BCUT2D eigenvalue weighted by atomic mass is 10.1. The first-order valence-electron chi connectivity index (χ1n) is 5.78. The third-order valence-electron chi connectivity index (χ3n) is 2.91. The van der Waals surface area contributed by atoms with Crippen LogP contribution in [-0.4, -0.2) is 27.5 Å². The third kappa shape index (κ3) is 3.63. The van der Waals surface area contributed by atoms with Crippen LogP contribution in [0.2, 0.25) is 0 Å². The van der Waals surface area contributed by atoms with Crippen LogP contribution in [0.15, 0.2) is 17.0 Å². The molecule has 1 fully saturated rings. The molecule has 0 aliphatic carbocycles. The highest BCUT2D eigenvalue weighted by Crippen LogP contribution is 2.20. The van der Waals surface area contributed by atoms with Crippen molar-refractivity contribution in [2.75, 3.05) is 13.1 Å². The molecule has 20 heavy (non-hydrogen) atoms. The van der Waals surface area contributed by atoms with Gasteiger partial charge in [-0.3, -0.25) is 0 Å². The van der Waals surface area contributed by atoms with Crippen molar-refractivity contribution < 1.29 is 21.6 Å². The van der Waals surface area contributed by atoms with Gasteiger partial charge in [0.2, 0.25) is 10.0 Å². The minimum Gasteiger partial charge on any atom is -0.315 e. The molecule has 2 rings (SSSR count). The lowest BCUT2D eigenvalue weighted by molar-refractivity contribution is 0.419. The van der Waals surface area contributed by atoms with Crippen LogP contribution in [0.25, 0.3) is 0 Å². The zero-order valence-electron chi connectivity index (χ0n) is 10.3. The van der Waals surface area contributed by atoms with E-state index in [2.05, 4.69) is 10.0 Å². The van der Waals surface area contributed by atoms with Gasteiger partial charge in [0.05, 0.1) is 0 Å². The van der Waals surface area contributed by atoms with E-state index in [-0.39, 0.29) is 18.4 Å². The van der Waals surface area contributed by atoms with Crippen molar-refractivity contribution in [1.29, 1.82) is 0 Å². The average molecular weight is 331 g/mol. The number of rotatable bonds is 3. The van der Waals surface area contributed by atoms with E-state index in [0.29, 0.717) is 25.1 Å². The Morgan fingerprint density at radius 1 is 1.20 bits per heavy atom. The summed E-state index contributed by atoms with van der Waals surface area (Å²) in [5, 5.41) is 2.99. The molecule has 1 aromatic carbocycles. The van der Waals surface area contributed by atoms with Gasteiger partial charge in [-0.15, -0.1) is 12.4 Å². The quantitative estimate of drug-likeness (QED) is 0.827. The molecule has 0 radical (unpaired) electrons. The lowest BCUT2D eigenvalue weighted by Crippen LogP contribution is -2.45. The van der Waals surface area contributed by atoms with Crippen LogP contribution in [-0.2, 0) is 10.0 Å². The summed E-state index contributed by atoms with van der Waals surface area (Å²) >= 11 is 0. The minimum absolute atomic E-state index is 0. The molecule has 0 aromatic heterocycles. The van der Waals surface area contributed by atoms with Crippen LogP contribution in [0, 0.1) is 17.5 Å². The van der Waals surface area contributed by atoms with Gasteiger partial charge in [0.15, 0.2) is 17.5 Å². The van der Waals surface area contributed by atoms with Crippen LogP contribution in [0.4, 0.5) is 13.2 Å². The van der Waals surface area contributed by atoms with Gasteiger partial charge in [-0.1, -0.05) is 0 Å². The molecule has 0 spiro atoms. The Kier molecular flexibility index (Phi) is 5.81. The molecular weight excluding hydrogens is 317 g/mol. The molecule has 1 aliphatic heterocycles. The minimum atomic E-state index is -4.20. The highest BCUT2D eigenvalue weighted by molar-refractivity contribution is 7.89. The second kappa shape index (κ2) is 6.75. The first-order chi connectivity index (χ1) is 8.92. The molecule has 2 N–H and O–H groups in total. The molecule has 9 heteroatoms. The van der Waals surface area contributed by atoms with E-state index in [4.69, 9.17) is 0 Å². The van der Waals surface area contributed by atoms with E-state index >= 15 is 0 Å². The molecule has 114 valence electrons. The maximum atomic E-state index is 13.5. The van der Waals surface area contributed by atoms with E-state index in [1.54, 1.807) is 0 Å². The number of piperidine rings is 1. The molecule has 0 saturated carbocycles. The van der Waals surface area contributed by atoms with Gasteiger partial charge in [-0.25, -0.2) is 26.3 Å². The fraction of sp³-hybridized carbons (Fsp3) is 0.455. The van der Waals surface area contributed by atoms with Gasteiger partial charge in [0.25, 0.3) is 0 Å². The van der Waals surface area contributed by atoms with Crippen LogP contribution < -0.4 is 10.0 Å². The Hall–Kier alpha value is -0.830. The maximum Gasteiger partial charge on any atom is 0.243 e. The largest absolute Gasteiger partial charge is 0.315 e. The molecule has 1 aliphatic rings. The second-order valence-electron chi connectivity index (χ2n) is 4.34. The molecule has 1 atom stereocenters. The van der Waals surface area contributed by atoms with Gasteiger partial charge < -0.3 is 5.32 Å². The molecule has 1 saturated heterocycles. The van der Waals surface area contributed by atoms with Gasteiger partial charge >= 0.3 is 0 Å². The monoisotopic (exact) mass is 330 g/mol. The summed E-state index contributed by atoms with van der Waals surface area (Å²) < 4.78 is 65.4. The third-order valence-corrected chi connectivity index (χ3v) is 4.45. The van der Waals surface area contributed by atoms with Crippen molar-refractivity contribution in [1.82, 2.24) is 10.0 Å². The Labute approximate surface area is 121 Å². The molecular formula is C11H14ClF3N2O2S. The van der Waals surface area contributed by atoms with E-state index < -0.39 is 32.4 Å². The van der Waals surface area contributed by atoms with Gasteiger partial charge in [-0.2, -0.15) is 0 Å². The van der Waals surface area contributed by atoms with E-state index in [1.807, 2.05) is 0 Å². The fourth-order valence-electron chi connectivity index (χ4n) is 1.95. The van der Waals surface area contributed by atoms with Crippen LogP contribution >= 0.6 is 12.4 Å². The Bertz CT molecular complexity index is 577. The smallest absolute Gasteiger partial charge is 0.243 e. The van der Waals surface area contributed by atoms with Crippen molar-refractivity contribution in [3.05, 3.63) is 29.6 Å². The molecule has 0 amide bonds. The molecule has 1 aromatic rings. The predicted molar refractivity (Wildman–Crippen MR) is 69.8 cm³/mol. The highest BCUT2D eigenvalue weighted by Gasteiger charge is 2.27. The van der Waals surface area contributed by atoms with Crippen LogP contribution in [0.3, 0.4) is 0 Å². The van der Waals surface area contributed by atoms with E-state index in [0.717, 1.165) is 13.0 Å². The number of halogens is 4. The number of sulfonamides is 1. The highest BCUT2D eigenvalue weighted by atomic mass is 35.5. The summed E-state index contributed by atoms with van der Waals surface area (Å²) in [6.07, 6.45) is 1.39. The molecule has 1 heterocycles. The average Bonchev–Trinajstić information content (AvgIpc) is 2.36. The lowest BCUT2D eigenvalue weighted by Gasteiger charge is -2.23. The zero-order chi connectivity index (χ0) is 14.0. The number of nitrogens with one attached hydrogen (secondary N) is 2. The summed E-state index contributed by atoms with van der Waals surface area (Å²) in [6, 6.07) is 0.921. The van der Waals surface area contributed by atoms with Gasteiger partial charge in [0.1, 0.15) is 4.90 Å². The standard InChI is InChI=1S/C11H13F3N2O2S.ClH/c12-8-3-4-9(11(14)10(8)13)19(17,18)16-7-2-1-5-15-6-7;/h3-4,7,15-16H,1-2,5-6H2;1H/t7-;/m1./s1. The normalized spacial score (nSPS) is 19.4. The second-order valence-corrected chi connectivity index (χ2v) is 6.02. The van der Waals surface area contributed by atoms with Crippen molar-refractivity contribution in [3.63, 3.8) is 0 Å². The first-order valence-corrected chi connectivity index (χ1v) is 7.26. The van der Waals surface area contributed by atoms with Crippen molar-refractivity contribution in [3.8, 4) is 0 Å². The number of benzene rings is 1. The van der Waals surface area contributed by atoms with Crippen molar-refractivity contribution in [2.45, 2.75) is 23.8 Å². The predicted octanol–water partition coefficient (Wildman–Crippen LogP) is 1.56. The fourth-order valence-corrected chi connectivity index (χ4v) is 3.29. The zero-order valence-corrected chi connectivity index (χ0v) is 12.0. The van der Waals surface area contributed by atoms with Crippen molar-refractivity contribution >= 4 is 22.4 Å². The summed E-state index contributed by atoms with van der Waals surface area (Å²) in [5.41, 5.74) is 0. The topological polar surface area (TPSA) is 58.2 Å². The van der Waals surface area contributed by atoms with E-state index in [1.165, 1.54) is 0 Å².